The van der Waals surface area contributed by atoms with Crippen molar-refractivity contribution in [3.8, 4) is 22.5 Å². The number of halogens is 1. The summed E-state index contributed by atoms with van der Waals surface area (Å²) in [6.45, 7) is 0. The smallest absolute Gasteiger partial charge is 0.259 e. The van der Waals surface area contributed by atoms with Gasteiger partial charge in [-0.15, -0.1) is 0 Å². The molecule has 1 N–H and O–H groups in total. The van der Waals surface area contributed by atoms with Crippen LogP contribution in [0.25, 0.3) is 33.6 Å². The maximum Gasteiger partial charge on any atom is 0.259 e. The van der Waals surface area contributed by atoms with E-state index in [1.54, 1.807) is 48.3 Å². The van der Waals surface area contributed by atoms with Gasteiger partial charge in [0.25, 0.3) is 11.6 Å². The summed E-state index contributed by atoms with van der Waals surface area (Å²) in [6.07, 6.45) is 1.58. The van der Waals surface area contributed by atoms with Gasteiger partial charge in [0.15, 0.2) is 0 Å². The van der Waals surface area contributed by atoms with Gasteiger partial charge in [-0.3, -0.25) is 9.48 Å². The summed E-state index contributed by atoms with van der Waals surface area (Å²) in [5.74, 6) is -0.343. The van der Waals surface area contributed by atoms with Gasteiger partial charge in [0.1, 0.15) is 17.3 Å². The van der Waals surface area contributed by atoms with E-state index in [9.17, 15) is 9.18 Å². The zero-order valence-electron chi connectivity index (χ0n) is 16.4. The van der Waals surface area contributed by atoms with Gasteiger partial charge in [0.05, 0.1) is 22.8 Å². The molecule has 0 spiro atoms. The first-order valence-corrected chi connectivity index (χ1v) is 9.52. The van der Waals surface area contributed by atoms with Gasteiger partial charge in [-0.2, -0.15) is 5.10 Å². The fourth-order valence-corrected chi connectivity index (χ4v) is 3.41. The molecule has 3 aromatic heterocycles. The zero-order valence-corrected chi connectivity index (χ0v) is 16.4. The molecular formula is C23H16FN5O2. The molecule has 7 nitrogen and oxygen atoms in total. The molecule has 5 rings (SSSR count). The van der Waals surface area contributed by atoms with Crippen LogP contribution in [0.4, 0.5) is 10.2 Å². The van der Waals surface area contributed by atoms with Crippen molar-refractivity contribution in [2.75, 3.05) is 5.32 Å². The van der Waals surface area contributed by atoms with E-state index >= 15 is 0 Å². The summed E-state index contributed by atoms with van der Waals surface area (Å²) in [4.78, 5) is 17.7. The minimum absolute atomic E-state index is 0.148. The highest BCUT2D eigenvalue weighted by molar-refractivity contribution is 6.15. The standard InChI is InChI=1S/C23H16FN5O2/c1-29-19(11-12-25-29)27-22(30)16-13-18(15-9-5-6-10-17(15)24)26-23-20(16)21(28-31-23)14-7-3-2-4-8-14/h2-13H,1H3,(H,27,30). The normalized spacial score (nSPS) is 11.0. The lowest BCUT2D eigenvalue weighted by Crippen LogP contribution is -2.15. The predicted molar refractivity (Wildman–Crippen MR) is 114 cm³/mol. The SMILES string of the molecule is Cn1nccc1NC(=O)c1cc(-c2ccccc2F)nc2onc(-c3ccccc3)c12. The van der Waals surface area contributed by atoms with Crippen molar-refractivity contribution in [2.45, 2.75) is 0 Å². The number of nitrogens with one attached hydrogen (secondary N) is 1. The minimum atomic E-state index is -0.449. The Morgan fingerprint density at radius 2 is 1.84 bits per heavy atom. The molecular weight excluding hydrogens is 397 g/mol. The number of benzene rings is 2. The maximum absolute atomic E-state index is 14.4. The lowest BCUT2D eigenvalue weighted by Gasteiger charge is -2.09. The number of carbonyl (C=O) groups is 1. The summed E-state index contributed by atoms with van der Waals surface area (Å²) in [7, 11) is 1.72. The third-order valence-electron chi connectivity index (χ3n) is 4.95. The Bertz CT molecular complexity index is 1410. The molecule has 0 atom stereocenters. The van der Waals surface area contributed by atoms with Crippen molar-refractivity contribution in [2.24, 2.45) is 7.05 Å². The Balaban J connectivity index is 1.72. The summed E-state index contributed by atoms with van der Waals surface area (Å²) in [5.41, 5.74) is 2.21. The van der Waals surface area contributed by atoms with Crippen LogP contribution in [0, 0.1) is 5.82 Å². The van der Waals surface area contributed by atoms with E-state index in [0.29, 0.717) is 16.9 Å². The Morgan fingerprint density at radius 3 is 2.58 bits per heavy atom. The van der Waals surface area contributed by atoms with Crippen molar-refractivity contribution in [3.05, 3.63) is 84.3 Å². The van der Waals surface area contributed by atoms with Crippen LogP contribution in [0.5, 0.6) is 0 Å². The average Bonchev–Trinajstić information content (AvgIpc) is 3.40. The lowest BCUT2D eigenvalue weighted by atomic mass is 10.0. The molecule has 31 heavy (non-hydrogen) atoms. The van der Waals surface area contributed by atoms with Crippen molar-refractivity contribution in [1.82, 2.24) is 19.9 Å². The second-order valence-corrected chi connectivity index (χ2v) is 6.91. The number of aromatic nitrogens is 4. The van der Waals surface area contributed by atoms with Crippen molar-refractivity contribution >= 4 is 22.8 Å². The highest BCUT2D eigenvalue weighted by Crippen LogP contribution is 2.33. The monoisotopic (exact) mass is 413 g/mol. The second-order valence-electron chi connectivity index (χ2n) is 6.91. The fraction of sp³-hybridized carbons (Fsp3) is 0.0435. The summed E-state index contributed by atoms with van der Waals surface area (Å²) >= 11 is 0. The van der Waals surface area contributed by atoms with E-state index in [4.69, 9.17) is 4.52 Å². The summed E-state index contributed by atoms with van der Waals surface area (Å²) in [6, 6.07) is 18.8. The molecule has 0 aliphatic heterocycles. The van der Waals surface area contributed by atoms with Crippen LogP contribution in [0.1, 0.15) is 10.4 Å². The van der Waals surface area contributed by atoms with Gasteiger partial charge in [-0.1, -0.05) is 47.6 Å². The first-order chi connectivity index (χ1) is 15.1. The Labute approximate surface area is 176 Å². The largest absolute Gasteiger partial charge is 0.335 e. The van der Waals surface area contributed by atoms with E-state index in [0.717, 1.165) is 5.56 Å². The fourth-order valence-electron chi connectivity index (χ4n) is 3.41. The Kier molecular flexibility index (Phi) is 4.51. The Hall–Kier alpha value is -4.33. The number of hydrogen-bond donors (Lipinski definition) is 1. The zero-order chi connectivity index (χ0) is 21.4. The Morgan fingerprint density at radius 1 is 1.06 bits per heavy atom. The molecule has 0 saturated carbocycles. The number of nitrogens with zero attached hydrogens (tertiary/aromatic N) is 4. The predicted octanol–water partition coefficient (Wildman–Crippen LogP) is 4.68. The topological polar surface area (TPSA) is 85.8 Å². The number of hydrogen-bond acceptors (Lipinski definition) is 5. The van der Waals surface area contributed by atoms with Crippen LogP contribution in [-0.2, 0) is 7.05 Å². The third-order valence-corrected chi connectivity index (χ3v) is 4.95. The van der Waals surface area contributed by atoms with Gasteiger partial charge in [-0.05, 0) is 18.2 Å². The van der Waals surface area contributed by atoms with E-state index in [1.165, 1.54) is 6.07 Å². The molecule has 0 aliphatic rings. The number of aryl methyl sites for hydroxylation is 1. The maximum atomic E-state index is 14.4. The number of carbonyl (C=O) groups excluding carboxylic acids is 1. The number of anilines is 1. The molecule has 0 fully saturated rings. The quantitative estimate of drug-likeness (QED) is 0.462. The van der Waals surface area contributed by atoms with Gasteiger partial charge < -0.3 is 9.84 Å². The van der Waals surface area contributed by atoms with E-state index in [2.05, 4.69) is 20.6 Å². The second kappa shape index (κ2) is 7.49. The number of fused-ring (bicyclic) bond motifs is 1. The molecule has 0 aliphatic carbocycles. The molecule has 3 heterocycles. The van der Waals surface area contributed by atoms with Crippen LogP contribution in [0.15, 0.2) is 77.4 Å². The van der Waals surface area contributed by atoms with Crippen molar-refractivity contribution < 1.29 is 13.7 Å². The van der Waals surface area contributed by atoms with Crippen LogP contribution in [-0.4, -0.2) is 25.8 Å². The lowest BCUT2D eigenvalue weighted by molar-refractivity contribution is 0.102. The summed E-state index contributed by atoms with van der Waals surface area (Å²) in [5, 5.41) is 11.5. The van der Waals surface area contributed by atoms with Gasteiger partial charge in [-0.25, -0.2) is 9.37 Å². The van der Waals surface area contributed by atoms with Gasteiger partial charge in [0, 0.05) is 24.2 Å². The molecule has 0 radical (unpaired) electrons. The van der Waals surface area contributed by atoms with Crippen LogP contribution >= 0.6 is 0 Å². The van der Waals surface area contributed by atoms with Crippen molar-refractivity contribution in [3.63, 3.8) is 0 Å². The van der Waals surface area contributed by atoms with Gasteiger partial charge in [0.2, 0.25) is 0 Å². The third kappa shape index (κ3) is 3.33. The molecule has 0 unspecified atom stereocenters. The van der Waals surface area contributed by atoms with Gasteiger partial charge >= 0.3 is 0 Å². The summed E-state index contributed by atoms with van der Waals surface area (Å²) < 4.78 is 21.5. The molecule has 8 heteroatoms. The van der Waals surface area contributed by atoms with E-state index < -0.39 is 11.7 Å². The number of pyridine rings is 1. The molecule has 5 aromatic rings. The van der Waals surface area contributed by atoms with E-state index in [1.807, 2.05) is 30.3 Å². The van der Waals surface area contributed by atoms with Crippen LogP contribution in [0.2, 0.25) is 0 Å². The molecule has 2 aromatic carbocycles. The highest BCUT2D eigenvalue weighted by atomic mass is 19.1. The molecule has 0 bridgehead atoms. The molecule has 152 valence electrons. The minimum Gasteiger partial charge on any atom is -0.335 e. The first kappa shape index (κ1) is 18.7. The first-order valence-electron chi connectivity index (χ1n) is 9.52. The highest BCUT2D eigenvalue weighted by Gasteiger charge is 2.23. The number of rotatable bonds is 4. The van der Waals surface area contributed by atoms with Crippen LogP contribution in [0.3, 0.4) is 0 Å². The number of amides is 1. The van der Waals surface area contributed by atoms with Crippen molar-refractivity contribution in [1.29, 1.82) is 0 Å². The van der Waals surface area contributed by atoms with Crippen LogP contribution < -0.4 is 5.32 Å². The van der Waals surface area contributed by atoms with E-state index in [-0.39, 0.29) is 22.5 Å². The molecule has 1 amide bonds. The molecule has 0 saturated heterocycles. The average molecular weight is 413 g/mol.